The second-order valence-electron chi connectivity index (χ2n) is 9.88. The monoisotopic (exact) mass is 438 g/mol. The van der Waals surface area contributed by atoms with Crippen LogP contribution >= 0.6 is 0 Å². The Morgan fingerprint density at radius 2 is 2.22 bits per heavy atom. The van der Waals surface area contributed by atoms with Crippen LogP contribution in [0.3, 0.4) is 0 Å². The van der Waals surface area contributed by atoms with Gasteiger partial charge in [-0.2, -0.15) is 0 Å². The van der Waals surface area contributed by atoms with E-state index in [9.17, 15) is 15.0 Å². The zero-order valence-corrected chi connectivity index (χ0v) is 19.1. The number of phenolic OH excluding ortho intramolecular Hbond substituents is 1. The second-order valence-corrected chi connectivity index (χ2v) is 9.88. The lowest BCUT2D eigenvalue weighted by Crippen LogP contribution is -2.78. The molecule has 1 spiro atoms. The lowest BCUT2D eigenvalue weighted by Gasteiger charge is -2.64. The maximum Gasteiger partial charge on any atom is 0.246 e. The number of ether oxygens (including phenoxy) is 1. The molecular weight excluding hydrogens is 404 g/mol. The van der Waals surface area contributed by atoms with E-state index in [0.29, 0.717) is 18.6 Å². The van der Waals surface area contributed by atoms with Gasteiger partial charge in [-0.15, -0.1) is 6.58 Å². The number of aliphatic hydroxyl groups is 1. The maximum atomic E-state index is 12.9. The van der Waals surface area contributed by atoms with Crippen LogP contribution in [0.5, 0.6) is 11.5 Å². The molecule has 2 aliphatic carbocycles. The first kappa shape index (κ1) is 21.5. The summed E-state index contributed by atoms with van der Waals surface area (Å²) in [6, 6.07) is 3.49. The molecule has 6 nitrogen and oxygen atoms in total. The lowest BCUT2D eigenvalue weighted by molar-refractivity contribution is -0.198. The highest BCUT2D eigenvalue weighted by Gasteiger charge is 2.73. The van der Waals surface area contributed by atoms with Crippen LogP contribution in [0.25, 0.3) is 0 Å². The first-order chi connectivity index (χ1) is 15.4. The van der Waals surface area contributed by atoms with Crippen LogP contribution in [0, 0.1) is 0 Å². The van der Waals surface area contributed by atoms with Crippen LogP contribution in [0.1, 0.15) is 50.2 Å². The number of nitrogens with zero attached hydrogens (tertiary/aromatic N) is 2. The molecule has 6 heteroatoms. The molecule has 5 atom stereocenters. The fourth-order valence-corrected chi connectivity index (χ4v) is 7.02. The van der Waals surface area contributed by atoms with Crippen LogP contribution < -0.4 is 4.74 Å². The summed E-state index contributed by atoms with van der Waals surface area (Å²) in [6.07, 6.45) is 9.69. The van der Waals surface area contributed by atoms with E-state index < -0.39 is 11.0 Å². The molecule has 172 valence electrons. The highest BCUT2D eigenvalue weighted by molar-refractivity contribution is 5.87. The van der Waals surface area contributed by atoms with Crippen molar-refractivity contribution < 1.29 is 19.7 Å². The zero-order chi connectivity index (χ0) is 22.7. The van der Waals surface area contributed by atoms with Crippen LogP contribution in [-0.2, 0) is 16.6 Å². The van der Waals surface area contributed by atoms with Gasteiger partial charge in [0, 0.05) is 25.2 Å². The molecule has 0 aromatic heterocycles. The number of allylic oxidation sites excluding steroid dienone is 1. The summed E-state index contributed by atoms with van der Waals surface area (Å²) in [5.41, 5.74) is 0.526. The minimum atomic E-state index is -0.969. The summed E-state index contributed by atoms with van der Waals surface area (Å²) >= 11 is 0. The van der Waals surface area contributed by atoms with Gasteiger partial charge in [0.25, 0.3) is 0 Å². The molecular formula is C26H34N2O4. The number of hydrogen-bond acceptors (Lipinski definition) is 5. The van der Waals surface area contributed by atoms with E-state index in [1.807, 2.05) is 25.3 Å². The minimum Gasteiger partial charge on any atom is -0.504 e. The first-order valence-electron chi connectivity index (χ1n) is 11.9. The van der Waals surface area contributed by atoms with Gasteiger partial charge in [-0.3, -0.25) is 9.69 Å². The van der Waals surface area contributed by atoms with Gasteiger partial charge in [0.15, 0.2) is 11.5 Å². The fourth-order valence-electron chi connectivity index (χ4n) is 7.02. The van der Waals surface area contributed by atoms with Gasteiger partial charge in [-0.1, -0.05) is 31.6 Å². The van der Waals surface area contributed by atoms with Crippen molar-refractivity contribution in [1.29, 1.82) is 0 Å². The highest BCUT2D eigenvalue weighted by Crippen LogP contribution is 2.65. The van der Waals surface area contributed by atoms with E-state index in [-0.39, 0.29) is 29.8 Å². The Bertz CT molecular complexity index is 975. The van der Waals surface area contributed by atoms with E-state index in [4.69, 9.17) is 4.74 Å². The third-order valence-corrected chi connectivity index (χ3v) is 8.47. The minimum absolute atomic E-state index is 0.0326. The highest BCUT2D eigenvalue weighted by atomic mass is 16.5. The summed E-state index contributed by atoms with van der Waals surface area (Å²) < 4.78 is 6.51. The average molecular weight is 439 g/mol. The summed E-state index contributed by atoms with van der Waals surface area (Å²) in [6.45, 7) is 7.57. The number of unbranched alkanes of at least 4 members (excludes halogenated alkanes) is 1. The van der Waals surface area contributed by atoms with Gasteiger partial charge in [-0.25, -0.2) is 0 Å². The van der Waals surface area contributed by atoms with E-state index in [0.717, 1.165) is 49.9 Å². The predicted molar refractivity (Wildman–Crippen MR) is 123 cm³/mol. The van der Waals surface area contributed by atoms with Crippen LogP contribution in [-0.4, -0.2) is 69.8 Å². The van der Waals surface area contributed by atoms with Gasteiger partial charge >= 0.3 is 0 Å². The molecule has 0 radical (unpaired) electrons. The van der Waals surface area contributed by atoms with Crippen molar-refractivity contribution in [1.82, 2.24) is 9.80 Å². The van der Waals surface area contributed by atoms with Gasteiger partial charge in [-0.05, 0) is 56.4 Å². The van der Waals surface area contributed by atoms with E-state index in [2.05, 4.69) is 18.4 Å². The smallest absolute Gasteiger partial charge is 0.246 e. The molecule has 1 saturated heterocycles. The number of aromatic hydroxyl groups is 1. The normalized spacial score (nSPS) is 34.8. The lowest BCUT2D eigenvalue weighted by atomic mass is 9.48. The Labute approximate surface area is 190 Å². The fraction of sp³-hybridized carbons (Fsp3) is 0.577. The number of phenols is 1. The molecule has 1 aromatic rings. The number of piperidine rings is 1. The van der Waals surface area contributed by atoms with Crippen LogP contribution in [0.2, 0.25) is 0 Å². The van der Waals surface area contributed by atoms with Crippen molar-refractivity contribution >= 4 is 5.91 Å². The van der Waals surface area contributed by atoms with Gasteiger partial charge in [0.1, 0.15) is 6.10 Å². The molecule has 1 saturated carbocycles. The van der Waals surface area contributed by atoms with E-state index in [1.165, 1.54) is 0 Å². The summed E-state index contributed by atoms with van der Waals surface area (Å²) in [5.74, 6) is 0.596. The zero-order valence-electron chi connectivity index (χ0n) is 19.1. The largest absolute Gasteiger partial charge is 0.504 e. The molecule has 2 fully saturated rings. The summed E-state index contributed by atoms with van der Waals surface area (Å²) in [4.78, 5) is 17.1. The van der Waals surface area contributed by atoms with Crippen molar-refractivity contribution in [3.63, 3.8) is 0 Å². The summed E-state index contributed by atoms with van der Waals surface area (Å²) in [5, 5.41) is 23.0. The standard InChI is InChI=1S/C26H34N2O4/c1-4-6-7-8-21(30)27(3)18-11-12-26(31)20-16-17-9-10-19(29)23-22(17)25(26,24(18)32-23)13-15-28(20)14-5-2/h5,7-10,18,20,24,29,31H,2,4,6,11-16H2,1,3H3/t18-,20-,24+,25+,26-/m1/s1. The second kappa shape index (κ2) is 7.63. The number of rotatable bonds is 6. The molecule has 2 aliphatic heterocycles. The van der Waals surface area contributed by atoms with Crippen molar-refractivity contribution in [3.8, 4) is 11.5 Å². The third kappa shape index (κ3) is 2.69. The van der Waals surface area contributed by atoms with Gasteiger partial charge in [0.2, 0.25) is 5.91 Å². The number of hydrogen-bond donors (Lipinski definition) is 2. The molecule has 1 amide bonds. The van der Waals surface area contributed by atoms with E-state index in [1.54, 1.807) is 17.0 Å². The SMILES string of the molecule is C=CCN1CC[C@]23c4c5ccc(O)c4O[C@H]2[C@H](N(C)C(=O)C=CCCC)CC[C@@]3(O)[C@H]1C5. The van der Waals surface area contributed by atoms with Crippen LogP contribution in [0.4, 0.5) is 0 Å². The van der Waals surface area contributed by atoms with E-state index >= 15 is 0 Å². The Kier molecular flexibility index (Phi) is 5.13. The Balaban J connectivity index is 1.60. The number of benzene rings is 1. The topological polar surface area (TPSA) is 73.2 Å². The Morgan fingerprint density at radius 1 is 1.41 bits per heavy atom. The number of carbonyl (C=O) groups excluding carboxylic acids is 1. The van der Waals surface area contributed by atoms with Crippen molar-refractivity contribution in [2.75, 3.05) is 20.1 Å². The number of carbonyl (C=O) groups is 1. The van der Waals surface area contributed by atoms with Gasteiger partial charge < -0.3 is 19.8 Å². The van der Waals surface area contributed by atoms with Crippen molar-refractivity contribution in [2.24, 2.45) is 0 Å². The number of likely N-dealkylation sites (N-methyl/N-ethyl adjacent to an activating group) is 1. The molecule has 2 heterocycles. The molecule has 2 bridgehead atoms. The molecule has 5 rings (SSSR count). The van der Waals surface area contributed by atoms with Gasteiger partial charge in [0.05, 0.1) is 17.1 Å². The number of likely N-dealkylation sites (tertiary alicyclic amines) is 1. The van der Waals surface area contributed by atoms with Crippen LogP contribution in [0.15, 0.2) is 36.9 Å². The van der Waals surface area contributed by atoms with Crippen molar-refractivity contribution in [3.05, 3.63) is 48.1 Å². The van der Waals surface area contributed by atoms with Crippen molar-refractivity contribution in [2.45, 2.75) is 74.7 Å². The third-order valence-electron chi connectivity index (χ3n) is 8.47. The Morgan fingerprint density at radius 3 is 2.97 bits per heavy atom. The maximum absolute atomic E-state index is 12.9. The molecule has 2 N–H and O–H groups in total. The first-order valence-corrected chi connectivity index (χ1v) is 11.9. The summed E-state index contributed by atoms with van der Waals surface area (Å²) in [7, 11) is 1.84. The molecule has 4 aliphatic rings. The Hall–Kier alpha value is -2.31. The quantitative estimate of drug-likeness (QED) is 0.528. The molecule has 0 unspecified atom stereocenters. The molecule has 32 heavy (non-hydrogen) atoms. The number of amides is 1. The average Bonchev–Trinajstić information content (AvgIpc) is 3.12. The predicted octanol–water partition coefficient (Wildman–Crippen LogP) is 2.92. The molecule has 1 aromatic carbocycles.